The number of rotatable bonds is 8. The monoisotopic (exact) mass is 363 g/mol. The molecule has 0 saturated carbocycles. The molecular weight excluding hydrogens is 334 g/mol. The minimum atomic E-state index is -0.829. The Bertz CT molecular complexity index is 616. The smallest absolute Gasteiger partial charge is 0.408 e. The minimum absolute atomic E-state index is 0.290. The Labute approximate surface area is 155 Å². The summed E-state index contributed by atoms with van der Waals surface area (Å²) in [4.78, 5) is 23.9. The van der Waals surface area contributed by atoms with Crippen LogP contribution in [0.25, 0.3) is 0 Å². The number of ether oxygens (including phenoxy) is 3. The van der Waals surface area contributed by atoms with E-state index in [0.717, 1.165) is 23.3 Å². The largest absolute Gasteiger partial charge is 0.493 e. The third kappa shape index (κ3) is 8.55. The lowest BCUT2D eigenvalue weighted by Crippen LogP contribution is -2.45. The van der Waals surface area contributed by atoms with Gasteiger partial charge in [0.2, 0.25) is 0 Å². The second-order valence-electron chi connectivity index (χ2n) is 7.13. The third-order valence-corrected chi connectivity index (χ3v) is 3.34. The summed E-state index contributed by atoms with van der Waals surface area (Å²) in [6, 6.07) is 6.53. The SMILES string of the molecule is C=C(C)CCOc1ccc(C[C@H](NC(=O)OC(C)(C)C)C(=O)OC)cc1. The summed E-state index contributed by atoms with van der Waals surface area (Å²) >= 11 is 0. The van der Waals surface area contributed by atoms with Gasteiger partial charge in [0.1, 0.15) is 17.4 Å². The Morgan fingerprint density at radius 2 is 1.81 bits per heavy atom. The molecule has 0 radical (unpaired) electrons. The van der Waals surface area contributed by atoms with E-state index in [1.807, 2.05) is 31.2 Å². The number of hydrogen-bond donors (Lipinski definition) is 1. The van der Waals surface area contributed by atoms with Gasteiger partial charge in [0, 0.05) is 12.8 Å². The lowest BCUT2D eigenvalue weighted by atomic mass is 10.1. The zero-order chi connectivity index (χ0) is 19.7. The highest BCUT2D eigenvalue weighted by atomic mass is 16.6. The number of esters is 1. The van der Waals surface area contributed by atoms with E-state index in [1.165, 1.54) is 7.11 Å². The van der Waals surface area contributed by atoms with Crippen LogP contribution in [0.3, 0.4) is 0 Å². The fourth-order valence-electron chi connectivity index (χ4n) is 2.09. The molecule has 0 bridgehead atoms. The Morgan fingerprint density at radius 3 is 2.31 bits per heavy atom. The number of benzene rings is 1. The Hall–Kier alpha value is -2.50. The maximum atomic E-state index is 12.0. The van der Waals surface area contributed by atoms with E-state index in [9.17, 15) is 9.59 Å². The summed E-state index contributed by atoms with van der Waals surface area (Å²) in [5.74, 6) is 0.211. The van der Waals surface area contributed by atoms with Gasteiger partial charge in [-0.2, -0.15) is 0 Å². The average molecular weight is 363 g/mol. The van der Waals surface area contributed by atoms with E-state index in [1.54, 1.807) is 20.8 Å². The van der Waals surface area contributed by atoms with Crippen LogP contribution in [0.15, 0.2) is 36.4 Å². The van der Waals surface area contributed by atoms with Crippen LogP contribution < -0.4 is 10.1 Å². The number of hydrogen-bond acceptors (Lipinski definition) is 5. The molecule has 1 N–H and O–H groups in total. The number of methoxy groups -OCH3 is 1. The van der Waals surface area contributed by atoms with Crippen LogP contribution in [0.2, 0.25) is 0 Å². The van der Waals surface area contributed by atoms with Gasteiger partial charge in [0.25, 0.3) is 0 Å². The molecule has 6 nitrogen and oxygen atoms in total. The summed E-state index contributed by atoms with van der Waals surface area (Å²) in [6.07, 6.45) is 0.428. The van der Waals surface area contributed by atoms with Crippen LogP contribution >= 0.6 is 0 Å². The summed E-state index contributed by atoms with van der Waals surface area (Å²) in [5.41, 5.74) is 1.28. The van der Waals surface area contributed by atoms with Crippen LogP contribution in [-0.2, 0) is 20.7 Å². The van der Waals surface area contributed by atoms with Gasteiger partial charge in [-0.15, -0.1) is 6.58 Å². The molecule has 0 spiro atoms. The second-order valence-corrected chi connectivity index (χ2v) is 7.13. The van der Waals surface area contributed by atoms with E-state index in [4.69, 9.17) is 14.2 Å². The maximum Gasteiger partial charge on any atom is 0.408 e. The van der Waals surface area contributed by atoms with Gasteiger partial charge >= 0.3 is 12.1 Å². The normalized spacial score (nSPS) is 12.0. The Kier molecular flexibility index (Phi) is 8.16. The molecule has 6 heteroatoms. The zero-order valence-electron chi connectivity index (χ0n) is 16.3. The lowest BCUT2D eigenvalue weighted by molar-refractivity contribution is -0.143. The van der Waals surface area contributed by atoms with E-state index in [-0.39, 0.29) is 6.42 Å². The van der Waals surface area contributed by atoms with Crippen molar-refractivity contribution in [1.82, 2.24) is 5.32 Å². The molecule has 0 heterocycles. The minimum Gasteiger partial charge on any atom is -0.493 e. The first kappa shape index (κ1) is 21.5. The van der Waals surface area contributed by atoms with Gasteiger partial charge in [-0.05, 0) is 45.4 Å². The Balaban J connectivity index is 2.68. The first-order valence-electron chi connectivity index (χ1n) is 8.54. The molecular formula is C20H29NO5. The summed E-state index contributed by atoms with van der Waals surface area (Å²) < 4.78 is 15.6. The Morgan fingerprint density at radius 1 is 1.19 bits per heavy atom. The molecule has 0 aliphatic carbocycles. The molecule has 144 valence electrons. The third-order valence-electron chi connectivity index (χ3n) is 3.34. The predicted molar refractivity (Wildman–Crippen MR) is 100 cm³/mol. The van der Waals surface area contributed by atoms with Crippen molar-refractivity contribution in [2.45, 2.75) is 52.2 Å². The van der Waals surface area contributed by atoms with Crippen molar-refractivity contribution < 1.29 is 23.8 Å². The molecule has 1 atom stereocenters. The highest BCUT2D eigenvalue weighted by molar-refractivity contribution is 5.81. The van der Waals surface area contributed by atoms with E-state index in [0.29, 0.717) is 6.61 Å². The van der Waals surface area contributed by atoms with Gasteiger partial charge in [0.15, 0.2) is 0 Å². The summed E-state index contributed by atoms with van der Waals surface area (Å²) in [6.45, 7) is 11.6. The molecule has 26 heavy (non-hydrogen) atoms. The summed E-state index contributed by atoms with van der Waals surface area (Å²) in [7, 11) is 1.28. The first-order valence-corrected chi connectivity index (χ1v) is 8.54. The number of amides is 1. The molecule has 1 rings (SSSR count). The van der Waals surface area contributed by atoms with Crippen molar-refractivity contribution in [1.29, 1.82) is 0 Å². The molecule has 1 aromatic rings. The highest BCUT2D eigenvalue weighted by Crippen LogP contribution is 2.15. The summed E-state index contributed by atoms with van der Waals surface area (Å²) in [5, 5.41) is 2.56. The predicted octanol–water partition coefficient (Wildman–Crippen LogP) is 3.64. The van der Waals surface area contributed by atoms with Crippen LogP contribution in [0, 0.1) is 0 Å². The van der Waals surface area contributed by atoms with Gasteiger partial charge in [0.05, 0.1) is 13.7 Å². The van der Waals surface area contributed by atoms with Gasteiger partial charge in [-0.3, -0.25) is 0 Å². The lowest BCUT2D eigenvalue weighted by Gasteiger charge is -2.22. The van der Waals surface area contributed by atoms with Crippen molar-refractivity contribution in [2.75, 3.05) is 13.7 Å². The fourth-order valence-corrected chi connectivity index (χ4v) is 2.09. The van der Waals surface area contributed by atoms with Crippen molar-refractivity contribution in [2.24, 2.45) is 0 Å². The number of alkyl carbamates (subject to hydrolysis) is 1. The second kappa shape index (κ2) is 9.85. The van der Waals surface area contributed by atoms with Crippen LogP contribution in [0.1, 0.15) is 39.7 Å². The van der Waals surface area contributed by atoms with Gasteiger partial charge in [-0.1, -0.05) is 17.7 Å². The van der Waals surface area contributed by atoms with Crippen molar-refractivity contribution in [3.8, 4) is 5.75 Å². The van der Waals surface area contributed by atoms with Gasteiger partial charge < -0.3 is 19.5 Å². The molecule has 0 unspecified atom stereocenters. The van der Waals surface area contributed by atoms with Gasteiger partial charge in [-0.25, -0.2) is 9.59 Å². The van der Waals surface area contributed by atoms with E-state index in [2.05, 4.69) is 11.9 Å². The first-order chi connectivity index (χ1) is 12.1. The van der Waals surface area contributed by atoms with Crippen molar-refractivity contribution >= 4 is 12.1 Å². The molecule has 0 aliphatic heterocycles. The standard InChI is InChI=1S/C20H29NO5/c1-14(2)11-12-25-16-9-7-15(8-10-16)13-17(18(22)24-6)21-19(23)26-20(3,4)5/h7-10,17H,1,11-13H2,2-6H3,(H,21,23)/t17-/m0/s1. The average Bonchev–Trinajstić information content (AvgIpc) is 2.53. The molecule has 0 aliphatic rings. The molecule has 0 aromatic heterocycles. The molecule has 0 saturated heterocycles. The highest BCUT2D eigenvalue weighted by Gasteiger charge is 2.25. The van der Waals surface area contributed by atoms with Crippen LogP contribution in [-0.4, -0.2) is 37.4 Å². The van der Waals surface area contributed by atoms with Crippen molar-refractivity contribution in [3.05, 3.63) is 42.0 Å². The van der Waals surface area contributed by atoms with Crippen LogP contribution in [0.5, 0.6) is 5.75 Å². The topological polar surface area (TPSA) is 73.9 Å². The zero-order valence-corrected chi connectivity index (χ0v) is 16.3. The molecule has 1 amide bonds. The number of nitrogens with one attached hydrogen (secondary N) is 1. The van der Waals surface area contributed by atoms with E-state index >= 15 is 0 Å². The molecule has 1 aromatic carbocycles. The van der Waals surface area contributed by atoms with Crippen LogP contribution in [0.4, 0.5) is 4.79 Å². The molecule has 0 fully saturated rings. The van der Waals surface area contributed by atoms with E-state index < -0.39 is 23.7 Å². The van der Waals surface area contributed by atoms with Crippen molar-refractivity contribution in [3.63, 3.8) is 0 Å². The number of carbonyl (C=O) groups excluding carboxylic acids is 2. The fraction of sp³-hybridized carbons (Fsp3) is 0.500. The maximum absolute atomic E-state index is 12.0. The number of carbonyl (C=O) groups is 2. The quantitative estimate of drug-likeness (QED) is 0.564.